The van der Waals surface area contributed by atoms with Crippen LogP contribution >= 0.6 is 0 Å². The smallest absolute Gasteiger partial charge is 0.323 e. The van der Waals surface area contributed by atoms with Gasteiger partial charge in [0.2, 0.25) is 5.91 Å². The van der Waals surface area contributed by atoms with Crippen molar-refractivity contribution in [1.82, 2.24) is 4.90 Å². The molecule has 0 aromatic heterocycles. The van der Waals surface area contributed by atoms with E-state index in [1.807, 2.05) is 0 Å². The fourth-order valence-electron chi connectivity index (χ4n) is 3.59. The van der Waals surface area contributed by atoms with Gasteiger partial charge in [0.05, 0.1) is 6.04 Å². The number of carboxylic acids is 1. The van der Waals surface area contributed by atoms with Gasteiger partial charge >= 0.3 is 5.97 Å². The molecule has 0 radical (unpaired) electrons. The maximum atomic E-state index is 13.4. The number of nitrogens with two attached hydrogens (primary N) is 1. The molecule has 0 aliphatic carbocycles. The summed E-state index contributed by atoms with van der Waals surface area (Å²) in [5, 5.41) is 9.16. The van der Waals surface area contributed by atoms with Crippen LogP contribution in [0.25, 0.3) is 0 Å². The monoisotopic (exact) mass is 336 g/mol. The number of hydrogen-bond acceptors (Lipinski definition) is 3. The predicted octanol–water partition coefficient (Wildman–Crippen LogP) is 2.14. The van der Waals surface area contributed by atoms with E-state index in [0.29, 0.717) is 12.8 Å². The van der Waals surface area contributed by atoms with Gasteiger partial charge in [-0.05, 0) is 36.0 Å². The molecule has 0 saturated carbocycles. The van der Waals surface area contributed by atoms with Crippen LogP contribution in [-0.2, 0) is 15.0 Å². The number of carbonyl (C=O) groups excluding carboxylic acids is 1. The predicted molar refractivity (Wildman–Crippen MR) is 89.0 cm³/mol. The van der Waals surface area contributed by atoms with Crippen LogP contribution < -0.4 is 5.73 Å². The Kier molecular flexibility index (Phi) is 4.99. The first-order valence-electron chi connectivity index (χ1n) is 8.09. The van der Waals surface area contributed by atoms with Gasteiger partial charge < -0.3 is 15.7 Å². The Morgan fingerprint density at radius 3 is 2.46 bits per heavy atom. The van der Waals surface area contributed by atoms with Crippen molar-refractivity contribution in [2.45, 2.75) is 45.1 Å². The van der Waals surface area contributed by atoms with E-state index in [4.69, 9.17) is 10.8 Å². The van der Waals surface area contributed by atoms with Crippen LogP contribution in [-0.4, -0.2) is 41.0 Å². The minimum absolute atomic E-state index is 0.251. The third-order valence-electron chi connectivity index (χ3n) is 5.13. The van der Waals surface area contributed by atoms with Crippen LogP contribution in [0.5, 0.6) is 0 Å². The zero-order valence-electron chi connectivity index (χ0n) is 14.4. The number of likely N-dealkylation sites (tertiary alicyclic amines) is 1. The van der Waals surface area contributed by atoms with E-state index in [0.717, 1.165) is 5.56 Å². The lowest BCUT2D eigenvalue weighted by Crippen LogP contribution is -2.51. The third kappa shape index (κ3) is 3.43. The van der Waals surface area contributed by atoms with Gasteiger partial charge in [-0.15, -0.1) is 0 Å². The van der Waals surface area contributed by atoms with Crippen LogP contribution in [0, 0.1) is 11.2 Å². The zero-order chi connectivity index (χ0) is 18.1. The molecule has 5 nitrogen and oxygen atoms in total. The number of carbonyl (C=O) groups is 2. The lowest BCUT2D eigenvalue weighted by atomic mass is 9.60. The molecule has 0 spiro atoms. The van der Waals surface area contributed by atoms with Crippen LogP contribution in [0.3, 0.4) is 0 Å². The molecule has 1 aliphatic rings. The first-order chi connectivity index (χ1) is 11.1. The van der Waals surface area contributed by atoms with Gasteiger partial charge in [0.25, 0.3) is 0 Å². The topological polar surface area (TPSA) is 83.6 Å². The highest BCUT2D eigenvalue weighted by Gasteiger charge is 2.48. The largest absolute Gasteiger partial charge is 0.480 e. The first-order valence-corrected chi connectivity index (χ1v) is 8.09. The molecule has 3 N–H and O–H groups in total. The summed E-state index contributed by atoms with van der Waals surface area (Å²) in [6.07, 6.45) is 1.09. The molecule has 1 aliphatic heterocycles. The van der Waals surface area contributed by atoms with Crippen LogP contribution in [0.15, 0.2) is 24.3 Å². The second-order valence-electron chi connectivity index (χ2n) is 7.57. The van der Waals surface area contributed by atoms with Crippen LogP contribution in [0.1, 0.15) is 39.2 Å². The van der Waals surface area contributed by atoms with Crippen molar-refractivity contribution in [2.24, 2.45) is 11.1 Å². The summed E-state index contributed by atoms with van der Waals surface area (Å²) in [5.41, 5.74) is 6.09. The summed E-state index contributed by atoms with van der Waals surface area (Å²) < 4.78 is 13.4. The molecule has 1 heterocycles. The summed E-state index contributed by atoms with van der Waals surface area (Å²) in [7, 11) is 0. The van der Waals surface area contributed by atoms with Crippen molar-refractivity contribution < 1.29 is 19.1 Å². The second kappa shape index (κ2) is 6.51. The maximum absolute atomic E-state index is 13.4. The SMILES string of the molecule is CC(C)(C)[C@@]1(c2ccc(F)cc2)CC[C@H](N)C(=O)N(CC(=O)O)C1. The molecule has 1 aromatic rings. The highest BCUT2D eigenvalue weighted by molar-refractivity contribution is 5.85. The van der Waals surface area contributed by atoms with Crippen molar-refractivity contribution in [2.75, 3.05) is 13.1 Å². The molecule has 132 valence electrons. The Balaban J connectivity index is 2.54. The van der Waals surface area contributed by atoms with E-state index in [-0.39, 0.29) is 30.2 Å². The highest BCUT2D eigenvalue weighted by Crippen LogP contribution is 2.47. The van der Waals surface area contributed by atoms with Gasteiger partial charge in [0.15, 0.2) is 0 Å². The fraction of sp³-hybridized carbons (Fsp3) is 0.556. The molecule has 0 unspecified atom stereocenters. The lowest BCUT2D eigenvalue weighted by molar-refractivity contribution is -0.145. The van der Waals surface area contributed by atoms with Gasteiger partial charge in [0.1, 0.15) is 12.4 Å². The maximum Gasteiger partial charge on any atom is 0.323 e. The number of rotatable bonds is 3. The molecule has 1 fully saturated rings. The van der Waals surface area contributed by atoms with Crippen molar-refractivity contribution in [1.29, 1.82) is 0 Å². The molecule has 1 saturated heterocycles. The minimum Gasteiger partial charge on any atom is -0.480 e. The normalized spacial score (nSPS) is 25.5. The number of aliphatic carboxylic acids is 1. The van der Waals surface area contributed by atoms with E-state index >= 15 is 0 Å². The van der Waals surface area contributed by atoms with Gasteiger partial charge in [-0.1, -0.05) is 32.9 Å². The van der Waals surface area contributed by atoms with E-state index in [1.165, 1.54) is 17.0 Å². The van der Waals surface area contributed by atoms with Gasteiger partial charge in [0, 0.05) is 12.0 Å². The Bertz CT molecular complexity index is 624. The summed E-state index contributed by atoms with van der Waals surface area (Å²) in [6, 6.07) is 5.53. The standard InChI is InChI=1S/C18H25FN2O3/c1-17(2,3)18(12-4-6-13(19)7-5-12)9-8-14(20)16(24)21(11-18)10-15(22)23/h4-7,14H,8-11,20H2,1-3H3,(H,22,23)/t14-,18-/m0/s1. The summed E-state index contributed by atoms with van der Waals surface area (Å²) in [6.45, 7) is 6.02. The number of hydrogen-bond donors (Lipinski definition) is 2. The van der Waals surface area contributed by atoms with Crippen LogP contribution in [0.2, 0.25) is 0 Å². The number of amides is 1. The molecule has 6 heteroatoms. The van der Waals surface area contributed by atoms with E-state index in [2.05, 4.69) is 20.8 Å². The average Bonchev–Trinajstić information content (AvgIpc) is 2.59. The van der Waals surface area contributed by atoms with Crippen molar-refractivity contribution in [3.8, 4) is 0 Å². The first kappa shape index (κ1) is 18.4. The fourth-order valence-corrected chi connectivity index (χ4v) is 3.59. The average molecular weight is 336 g/mol. The molecule has 2 rings (SSSR count). The molecule has 1 amide bonds. The van der Waals surface area contributed by atoms with Crippen molar-refractivity contribution >= 4 is 11.9 Å². The lowest BCUT2D eigenvalue weighted by Gasteiger charge is -2.47. The summed E-state index contributed by atoms with van der Waals surface area (Å²) >= 11 is 0. The van der Waals surface area contributed by atoms with E-state index in [9.17, 15) is 14.0 Å². The van der Waals surface area contributed by atoms with Crippen molar-refractivity contribution in [3.05, 3.63) is 35.6 Å². The minimum atomic E-state index is -1.07. The molecule has 1 aromatic carbocycles. The second-order valence-corrected chi connectivity index (χ2v) is 7.57. The number of nitrogens with zero attached hydrogens (tertiary/aromatic N) is 1. The number of benzene rings is 1. The third-order valence-corrected chi connectivity index (χ3v) is 5.13. The summed E-state index contributed by atoms with van der Waals surface area (Å²) in [5.74, 6) is -1.74. The Hall–Kier alpha value is -1.95. The Morgan fingerprint density at radius 1 is 1.38 bits per heavy atom. The van der Waals surface area contributed by atoms with Crippen LogP contribution in [0.4, 0.5) is 4.39 Å². The molecule has 2 atom stereocenters. The Labute approximate surface area is 141 Å². The molecule has 0 bridgehead atoms. The summed E-state index contributed by atoms with van der Waals surface area (Å²) in [4.78, 5) is 25.0. The van der Waals surface area contributed by atoms with E-state index in [1.54, 1.807) is 12.1 Å². The highest BCUT2D eigenvalue weighted by atomic mass is 19.1. The zero-order valence-corrected chi connectivity index (χ0v) is 14.4. The molecular formula is C18H25FN2O3. The molecular weight excluding hydrogens is 311 g/mol. The quantitative estimate of drug-likeness (QED) is 0.886. The number of carboxylic acid groups (broad SMARTS) is 1. The van der Waals surface area contributed by atoms with Gasteiger partial charge in [-0.2, -0.15) is 0 Å². The van der Waals surface area contributed by atoms with Gasteiger partial charge in [-0.25, -0.2) is 4.39 Å². The number of halogens is 1. The van der Waals surface area contributed by atoms with Crippen molar-refractivity contribution in [3.63, 3.8) is 0 Å². The Morgan fingerprint density at radius 2 is 1.96 bits per heavy atom. The van der Waals surface area contributed by atoms with Gasteiger partial charge in [-0.3, -0.25) is 9.59 Å². The van der Waals surface area contributed by atoms with E-state index < -0.39 is 17.4 Å². The molecule has 24 heavy (non-hydrogen) atoms.